The highest BCUT2D eigenvalue weighted by Gasteiger charge is 2.29. The van der Waals surface area contributed by atoms with E-state index in [4.69, 9.17) is 4.74 Å². The Morgan fingerprint density at radius 3 is 2.14 bits per heavy atom. The van der Waals surface area contributed by atoms with Crippen molar-refractivity contribution in [2.75, 3.05) is 13.2 Å². The van der Waals surface area contributed by atoms with Crippen LogP contribution in [0.5, 0.6) is 0 Å². The second-order valence-corrected chi connectivity index (χ2v) is 7.13. The summed E-state index contributed by atoms with van der Waals surface area (Å²) in [6.07, 6.45) is -1.28. The molecule has 1 unspecified atom stereocenters. The molecule has 4 nitrogen and oxygen atoms in total. The molecule has 0 aliphatic heterocycles. The van der Waals surface area contributed by atoms with Crippen molar-refractivity contribution in [1.82, 2.24) is 5.32 Å². The number of aryl methyl sites for hydroxylation is 1. The van der Waals surface area contributed by atoms with Gasteiger partial charge < -0.3 is 15.2 Å². The molecular formula is C24H23NO3. The fourth-order valence-electron chi connectivity index (χ4n) is 3.74. The Hall–Kier alpha value is -3.11. The maximum absolute atomic E-state index is 12.2. The third-order valence-electron chi connectivity index (χ3n) is 5.25. The van der Waals surface area contributed by atoms with E-state index in [0.29, 0.717) is 0 Å². The molecule has 1 aliphatic carbocycles. The highest BCUT2D eigenvalue weighted by Crippen LogP contribution is 2.44. The summed E-state index contributed by atoms with van der Waals surface area (Å²) in [5.41, 5.74) is 6.64. The van der Waals surface area contributed by atoms with Crippen LogP contribution in [0.25, 0.3) is 11.1 Å². The standard InChI is InChI=1S/C24H23NO3/c1-16-10-12-17(13-11-16)23(26)14-25-24(27)28-15-22-20-8-4-2-6-18(20)19-7-3-5-9-21(19)22/h2-13,22-23,26H,14-15H2,1H3,(H,25,27). The van der Waals surface area contributed by atoms with Crippen molar-refractivity contribution >= 4 is 6.09 Å². The van der Waals surface area contributed by atoms with Crippen molar-refractivity contribution in [3.05, 3.63) is 95.1 Å². The van der Waals surface area contributed by atoms with Crippen LogP contribution >= 0.6 is 0 Å². The first-order valence-electron chi connectivity index (χ1n) is 9.47. The number of carbonyl (C=O) groups is 1. The average Bonchev–Trinajstić information content (AvgIpc) is 3.05. The molecule has 0 radical (unpaired) electrons. The Balaban J connectivity index is 1.37. The van der Waals surface area contributed by atoms with Crippen molar-refractivity contribution in [3.8, 4) is 11.1 Å². The highest BCUT2D eigenvalue weighted by atomic mass is 16.5. The SMILES string of the molecule is Cc1ccc(C(O)CNC(=O)OCC2c3ccccc3-c3ccccc32)cc1. The maximum Gasteiger partial charge on any atom is 0.407 e. The molecule has 1 amide bonds. The van der Waals surface area contributed by atoms with Crippen LogP contribution in [0, 0.1) is 6.92 Å². The molecule has 0 aromatic heterocycles. The second-order valence-electron chi connectivity index (χ2n) is 7.13. The van der Waals surface area contributed by atoms with Gasteiger partial charge in [-0.3, -0.25) is 0 Å². The molecule has 3 aromatic rings. The van der Waals surface area contributed by atoms with Gasteiger partial charge in [0.2, 0.25) is 0 Å². The summed E-state index contributed by atoms with van der Waals surface area (Å²) in [6, 6.07) is 24.0. The minimum absolute atomic E-state index is 0.0279. The number of alkyl carbamates (subject to hydrolysis) is 1. The average molecular weight is 373 g/mol. The molecular weight excluding hydrogens is 350 g/mol. The van der Waals surface area contributed by atoms with E-state index in [1.54, 1.807) is 0 Å². The Labute approximate surface area is 164 Å². The van der Waals surface area contributed by atoms with E-state index in [2.05, 4.69) is 29.6 Å². The molecule has 142 valence electrons. The van der Waals surface area contributed by atoms with Gasteiger partial charge in [-0.15, -0.1) is 0 Å². The van der Waals surface area contributed by atoms with Crippen molar-refractivity contribution in [1.29, 1.82) is 0 Å². The number of hydrogen-bond donors (Lipinski definition) is 2. The molecule has 0 spiro atoms. The zero-order chi connectivity index (χ0) is 19.5. The van der Waals surface area contributed by atoms with Gasteiger partial charge in [0.1, 0.15) is 6.61 Å². The summed E-state index contributed by atoms with van der Waals surface area (Å²) in [5, 5.41) is 12.9. The molecule has 0 saturated heterocycles. The van der Waals surface area contributed by atoms with Gasteiger partial charge >= 0.3 is 6.09 Å². The first kappa shape index (κ1) is 18.3. The molecule has 4 rings (SSSR count). The van der Waals surface area contributed by atoms with Crippen molar-refractivity contribution in [2.45, 2.75) is 18.9 Å². The lowest BCUT2D eigenvalue weighted by Gasteiger charge is -2.16. The second kappa shape index (κ2) is 7.87. The minimum atomic E-state index is -0.763. The number of benzene rings is 3. The van der Waals surface area contributed by atoms with Gasteiger partial charge in [0.25, 0.3) is 0 Å². The van der Waals surface area contributed by atoms with E-state index < -0.39 is 12.2 Å². The smallest absolute Gasteiger partial charge is 0.407 e. The number of hydrogen-bond acceptors (Lipinski definition) is 3. The molecule has 0 fully saturated rings. The fraction of sp³-hybridized carbons (Fsp3) is 0.208. The number of rotatable bonds is 5. The lowest BCUT2D eigenvalue weighted by atomic mass is 9.98. The topological polar surface area (TPSA) is 58.6 Å². The number of nitrogens with one attached hydrogen (secondary N) is 1. The Kier molecular flexibility index (Phi) is 5.13. The molecule has 3 aromatic carbocycles. The van der Waals surface area contributed by atoms with Crippen LogP contribution in [0.1, 0.15) is 34.3 Å². The molecule has 2 N–H and O–H groups in total. The summed E-state index contributed by atoms with van der Waals surface area (Å²) in [4.78, 5) is 12.2. The van der Waals surface area contributed by atoms with E-state index in [1.165, 1.54) is 22.3 Å². The minimum Gasteiger partial charge on any atom is -0.449 e. The number of ether oxygens (including phenoxy) is 1. The van der Waals surface area contributed by atoms with Gasteiger partial charge in [-0.05, 0) is 34.7 Å². The predicted molar refractivity (Wildman–Crippen MR) is 109 cm³/mol. The number of aliphatic hydroxyl groups is 1. The van der Waals surface area contributed by atoms with Gasteiger partial charge in [-0.25, -0.2) is 4.79 Å². The number of aliphatic hydroxyl groups excluding tert-OH is 1. The summed E-state index contributed by atoms with van der Waals surface area (Å²) >= 11 is 0. The first-order chi connectivity index (χ1) is 13.6. The van der Waals surface area contributed by atoms with E-state index in [9.17, 15) is 9.90 Å². The quantitative estimate of drug-likeness (QED) is 0.689. The number of amides is 1. The van der Waals surface area contributed by atoms with Crippen LogP contribution < -0.4 is 5.32 Å². The molecule has 1 atom stereocenters. The van der Waals surface area contributed by atoms with Gasteiger partial charge in [-0.1, -0.05) is 78.4 Å². The van der Waals surface area contributed by atoms with Gasteiger partial charge in [0, 0.05) is 5.92 Å². The lowest BCUT2D eigenvalue weighted by Crippen LogP contribution is -2.30. The van der Waals surface area contributed by atoms with Crippen molar-refractivity contribution in [2.24, 2.45) is 0 Å². The van der Waals surface area contributed by atoms with E-state index >= 15 is 0 Å². The van der Waals surface area contributed by atoms with Crippen LogP contribution in [0.15, 0.2) is 72.8 Å². The van der Waals surface area contributed by atoms with Crippen molar-refractivity contribution in [3.63, 3.8) is 0 Å². The zero-order valence-corrected chi connectivity index (χ0v) is 15.8. The molecule has 4 heteroatoms. The van der Waals surface area contributed by atoms with Crippen LogP contribution in [-0.2, 0) is 4.74 Å². The first-order valence-corrected chi connectivity index (χ1v) is 9.47. The van der Waals surface area contributed by atoms with Crippen LogP contribution in [0.2, 0.25) is 0 Å². The Morgan fingerprint density at radius 2 is 1.54 bits per heavy atom. The Morgan fingerprint density at radius 1 is 0.964 bits per heavy atom. The van der Waals surface area contributed by atoms with E-state index in [0.717, 1.165) is 11.1 Å². The monoisotopic (exact) mass is 373 g/mol. The molecule has 0 bridgehead atoms. The molecule has 0 saturated carbocycles. The van der Waals surface area contributed by atoms with Gasteiger partial charge in [0.05, 0.1) is 12.6 Å². The maximum atomic E-state index is 12.2. The summed E-state index contributed by atoms with van der Waals surface area (Å²) < 4.78 is 5.48. The number of carbonyl (C=O) groups excluding carboxylic acids is 1. The predicted octanol–water partition coefficient (Wildman–Crippen LogP) is 4.57. The van der Waals surface area contributed by atoms with Gasteiger partial charge in [-0.2, -0.15) is 0 Å². The lowest BCUT2D eigenvalue weighted by molar-refractivity contribution is 0.128. The normalized spacial score (nSPS) is 13.5. The van der Waals surface area contributed by atoms with Crippen molar-refractivity contribution < 1.29 is 14.6 Å². The fourth-order valence-corrected chi connectivity index (χ4v) is 3.74. The largest absolute Gasteiger partial charge is 0.449 e. The third kappa shape index (κ3) is 3.64. The van der Waals surface area contributed by atoms with Crippen LogP contribution in [-0.4, -0.2) is 24.4 Å². The molecule has 0 heterocycles. The van der Waals surface area contributed by atoms with Gasteiger partial charge in [0.15, 0.2) is 0 Å². The summed E-state index contributed by atoms with van der Waals surface area (Å²) in [6.45, 7) is 2.37. The summed E-state index contributed by atoms with van der Waals surface area (Å²) in [5.74, 6) is 0.0279. The van der Waals surface area contributed by atoms with Crippen LogP contribution in [0.4, 0.5) is 4.79 Å². The summed E-state index contributed by atoms with van der Waals surface area (Å²) in [7, 11) is 0. The molecule has 1 aliphatic rings. The van der Waals surface area contributed by atoms with Crippen LogP contribution in [0.3, 0.4) is 0 Å². The van der Waals surface area contributed by atoms with E-state index in [1.807, 2.05) is 55.5 Å². The zero-order valence-electron chi connectivity index (χ0n) is 15.8. The van der Waals surface area contributed by atoms with E-state index in [-0.39, 0.29) is 19.1 Å². The number of fused-ring (bicyclic) bond motifs is 3. The highest BCUT2D eigenvalue weighted by molar-refractivity contribution is 5.79. The Bertz CT molecular complexity index is 936. The molecule has 28 heavy (non-hydrogen) atoms. The third-order valence-corrected chi connectivity index (χ3v) is 5.25.